The fourth-order valence-electron chi connectivity index (χ4n) is 2.92. The predicted octanol–water partition coefficient (Wildman–Crippen LogP) is 2.49. The number of nitrogens with zero attached hydrogens (tertiary/aromatic N) is 3. The molecule has 1 fully saturated rings. The van der Waals surface area contributed by atoms with Crippen LogP contribution in [0.5, 0.6) is 5.75 Å². The molecule has 3 rings (SSSR count). The number of nitrogens with one attached hydrogen (secondary N) is 1. The molecule has 0 radical (unpaired) electrons. The van der Waals surface area contributed by atoms with Gasteiger partial charge in [0.15, 0.2) is 0 Å². The molecule has 0 spiro atoms. The molecular weight excluding hydrogens is 320 g/mol. The molecule has 1 aromatic heterocycles. The van der Waals surface area contributed by atoms with Gasteiger partial charge in [-0.1, -0.05) is 12.0 Å². The van der Waals surface area contributed by atoms with E-state index in [1.807, 2.05) is 29.2 Å². The smallest absolute Gasteiger partial charge is 0.318 e. The molecule has 1 saturated heterocycles. The van der Waals surface area contributed by atoms with Crippen LogP contribution in [0.1, 0.15) is 26.2 Å². The maximum absolute atomic E-state index is 12.1. The third-order valence-electron chi connectivity index (χ3n) is 4.44. The van der Waals surface area contributed by atoms with Crippen molar-refractivity contribution in [3.8, 4) is 17.2 Å². The van der Waals surface area contributed by atoms with Crippen LogP contribution in [0, 0.1) is 5.92 Å². The Morgan fingerprint density at radius 2 is 2.00 bits per heavy atom. The number of aromatic nitrogens is 2. The average Bonchev–Trinajstić information content (AvgIpc) is 3.16. The van der Waals surface area contributed by atoms with Crippen molar-refractivity contribution in [2.45, 2.75) is 26.2 Å². The maximum atomic E-state index is 12.1. The van der Waals surface area contributed by atoms with Crippen molar-refractivity contribution in [1.29, 1.82) is 0 Å². The van der Waals surface area contributed by atoms with Gasteiger partial charge < -0.3 is 19.4 Å². The van der Waals surface area contributed by atoms with Gasteiger partial charge in [-0.3, -0.25) is 4.79 Å². The third kappa shape index (κ3) is 4.10. The van der Waals surface area contributed by atoms with Gasteiger partial charge in [0.05, 0.1) is 7.11 Å². The lowest BCUT2D eigenvalue weighted by atomic mass is 9.96. The number of anilines is 1. The molecule has 134 valence electrons. The summed E-state index contributed by atoms with van der Waals surface area (Å²) in [6.45, 7) is 4.29. The van der Waals surface area contributed by atoms with Crippen molar-refractivity contribution >= 4 is 11.9 Å². The largest absolute Gasteiger partial charge is 0.497 e. The third-order valence-corrected chi connectivity index (χ3v) is 4.44. The Labute approximate surface area is 147 Å². The molecule has 7 nitrogen and oxygen atoms in total. The zero-order chi connectivity index (χ0) is 17.6. The Kier molecular flexibility index (Phi) is 5.53. The van der Waals surface area contributed by atoms with Crippen LogP contribution < -0.4 is 15.0 Å². The highest BCUT2D eigenvalue weighted by molar-refractivity contribution is 5.78. The van der Waals surface area contributed by atoms with E-state index in [2.05, 4.69) is 22.4 Å². The first kappa shape index (κ1) is 17.3. The van der Waals surface area contributed by atoms with Gasteiger partial charge in [-0.25, -0.2) is 0 Å². The molecule has 1 amide bonds. The molecular formula is C18H24N4O3. The fraction of sp³-hybridized carbons (Fsp3) is 0.500. The summed E-state index contributed by atoms with van der Waals surface area (Å²) in [5.74, 6) is 1.50. The number of rotatable bonds is 6. The standard InChI is InChI=1S/C18H24N4O3/c1-3-10-19-16(23)13-8-11-22(12-9-13)18-21-20-17(25-18)14-4-6-15(24-2)7-5-14/h4-7,13H,3,8-12H2,1-2H3,(H,19,23). The summed E-state index contributed by atoms with van der Waals surface area (Å²) in [6.07, 6.45) is 2.56. The van der Waals surface area contributed by atoms with Crippen LogP contribution in [0.4, 0.5) is 6.01 Å². The van der Waals surface area contributed by atoms with E-state index in [0.717, 1.165) is 50.2 Å². The highest BCUT2D eigenvalue weighted by Gasteiger charge is 2.27. The molecule has 1 aliphatic rings. The van der Waals surface area contributed by atoms with Gasteiger partial charge in [0.25, 0.3) is 0 Å². The minimum atomic E-state index is 0.0757. The van der Waals surface area contributed by atoms with Crippen LogP contribution in [0.25, 0.3) is 11.5 Å². The van der Waals surface area contributed by atoms with Crippen molar-refractivity contribution in [2.24, 2.45) is 5.92 Å². The summed E-state index contributed by atoms with van der Waals surface area (Å²) in [5.41, 5.74) is 0.855. The van der Waals surface area contributed by atoms with Gasteiger partial charge in [-0.2, -0.15) is 0 Å². The SMILES string of the molecule is CCCNC(=O)C1CCN(c2nnc(-c3ccc(OC)cc3)o2)CC1. The Bertz CT molecular complexity index is 691. The predicted molar refractivity (Wildman–Crippen MR) is 94.5 cm³/mol. The number of hydrogen-bond acceptors (Lipinski definition) is 6. The second-order valence-corrected chi connectivity index (χ2v) is 6.17. The monoisotopic (exact) mass is 344 g/mol. The first-order valence-electron chi connectivity index (χ1n) is 8.72. The second-order valence-electron chi connectivity index (χ2n) is 6.17. The molecule has 25 heavy (non-hydrogen) atoms. The van der Waals surface area contributed by atoms with Crippen molar-refractivity contribution in [2.75, 3.05) is 31.6 Å². The number of ether oxygens (including phenoxy) is 1. The van der Waals surface area contributed by atoms with Crippen LogP contribution in [0.3, 0.4) is 0 Å². The molecule has 1 N–H and O–H groups in total. The molecule has 7 heteroatoms. The Morgan fingerprint density at radius 3 is 2.64 bits per heavy atom. The Morgan fingerprint density at radius 1 is 1.28 bits per heavy atom. The van der Waals surface area contributed by atoms with Crippen molar-refractivity contribution in [3.05, 3.63) is 24.3 Å². The van der Waals surface area contributed by atoms with Gasteiger partial charge in [0.2, 0.25) is 11.8 Å². The van der Waals surface area contributed by atoms with E-state index in [0.29, 0.717) is 11.9 Å². The quantitative estimate of drug-likeness (QED) is 0.867. The molecule has 0 aliphatic carbocycles. The molecule has 0 atom stereocenters. The van der Waals surface area contributed by atoms with E-state index in [1.165, 1.54) is 0 Å². The molecule has 1 aliphatic heterocycles. The molecule has 0 saturated carbocycles. The minimum absolute atomic E-state index is 0.0757. The van der Waals surface area contributed by atoms with Crippen LogP contribution in [0.15, 0.2) is 28.7 Å². The highest BCUT2D eigenvalue weighted by Crippen LogP contribution is 2.27. The summed E-state index contributed by atoms with van der Waals surface area (Å²) >= 11 is 0. The lowest BCUT2D eigenvalue weighted by Crippen LogP contribution is -2.40. The van der Waals surface area contributed by atoms with Crippen LogP contribution >= 0.6 is 0 Å². The lowest BCUT2D eigenvalue weighted by molar-refractivity contribution is -0.125. The zero-order valence-corrected chi connectivity index (χ0v) is 14.7. The first-order valence-corrected chi connectivity index (χ1v) is 8.72. The maximum Gasteiger partial charge on any atom is 0.318 e. The van der Waals surface area contributed by atoms with E-state index >= 15 is 0 Å². The topological polar surface area (TPSA) is 80.5 Å². The van der Waals surface area contributed by atoms with Gasteiger partial charge in [-0.15, -0.1) is 5.10 Å². The molecule has 1 aromatic carbocycles. The van der Waals surface area contributed by atoms with Gasteiger partial charge in [0.1, 0.15) is 5.75 Å². The number of piperidine rings is 1. The van der Waals surface area contributed by atoms with Crippen molar-refractivity contribution in [3.63, 3.8) is 0 Å². The number of methoxy groups -OCH3 is 1. The Balaban J connectivity index is 1.59. The normalized spacial score (nSPS) is 15.2. The molecule has 2 aromatic rings. The van der Waals surface area contributed by atoms with E-state index in [9.17, 15) is 4.79 Å². The number of carbonyl (C=O) groups is 1. The van der Waals surface area contributed by atoms with Crippen LogP contribution in [0.2, 0.25) is 0 Å². The zero-order valence-electron chi connectivity index (χ0n) is 14.7. The van der Waals surface area contributed by atoms with E-state index < -0.39 is 0 Å². The number of hydrogen-bond donors (Lipinski definition) is 1. The molecule has 0 unspecified atom stereocenters. The van der Waals surface area contributed by atoms with E-state index in [1.54, 1.807) is 7.11 Å². The molecule has 0 bridgehead atoms. The second kappa shape index (κ2) is 8.00. The fourth-order valence-corrected chi connectivity index (χ4v) is 2.92. The van der Waals surface area contributed by atoms with E-state index in [-0.39, 0.29) is 11.8 Å². The number of amides is 1. The van der Waals surface area contributed by atoms with Crippen LogP contribution in [-0.2, 0) is 4.79 Å². The summed E-state index contributed by atoms with van der Waals surface area (Å²) in [4.78, 5) is 14.1. The first-order chi connectivity index (χ1) is 12.2. The van der Waals surface area contributed by atoms with Gasteiger partial charge in [-0.05, 0) is 43.5 Å². The summed E-state index contributed by atoms with van der Waals surface area (Å²) in [6, 6.07) is 8.01. The summed E-state index contributed by atoms with van der Waals surface area (Å²) < 4.78 is 11.0. The minimum Gasteiger partial charge on any atom is -0.497 e. The lowest BCUT2D eigenvalue weighted by Gasteiger charge is -2.29. The number of benzene rings is 1. The van der Waals surface area contributed by atoms with Gasteiger partial charge in [0, 0.05) is 31.1 Å². The van der Waals surface area contributed by atoms with Crippen molar-refractivity contribution < 1.29 is 13.9 Å². The van der Waals surface area contributed by atoms with Crippen molar-refractivity contribution in [1.82, 2.24) is 15.5 Å². The van der Waals surface area contributed by atoms with Gasteiger partial charge >= 0.3 is 6.01 Å². The number of carbonyl (C=O) groups excluding carboxylic acids is 1. The summed E-state index contributed by atoms with van der Waals surface area (Å²) in [5, 5.41) is 11.3. The van der Waals surface area contributed by atoms with Crippen LogP contribution in [-0.4, -0.2) is 42.8 Å². The summed E-state index contributed by atoms with van der Waals surface area (Å²) in [7, 11) is 1.63. The highest BCUT2D eigenvalue weighted by atomic mass is 16.5. The molecule has 2 heterocycles. The average molecular weight is 344 g/mol. The van der Waals surface area contributed by atoms with E-state index in [4.69, 9.17) is 9.15 Å². The Hall–Kier alpha value is -2.57.